The van der Waals surface area contributed by atoms with Gasteiger partial charge in [0.2, 0.25) is 0 Å². The predicted octanol–water partition coefficient (Wildman–Crippen LogP) is 4.10. The van der Waals surface area contributed by atoms with Crippen LogP contribution in [0.4, 0.5) is 0 Å². The summed E-state index contributed by atoms with van der Waals surface area (Å²) in [5.74, 6) is -0.156. The summed E-state index contributed by atoms with van der Waals surface area (Å²) in [7, 11) is -0.542. The summed E-state index contributed by atoms with van der Waals surface area (Å²) in [5.41, 5.74) is 0. The van der Waals surface area contributed by atoms with Crippen molar-refractivity contribution in [1.82, 2.24) is 0 Å². The molecule has 0 radical (unpaired) electrons. The van der Waals surface area contributed by atoms with E-state index in [0.717, 1.165) is 19.0 Å². The maximum atomic E-state index is 12.2. The van der Waals surface area contributed by atoms with Gasteiger partial charge in [0.1, 0.15) is 0 Å². The van der Waals surface area contributed by atoms with Gasteiger partial charge in [-0.15, -0.1) is 0 Å². The number of carbonyl (C=O) groups excluding carboxylic acids is 1. The van der Waals surface area contributed by atoms with Gasteiger partial charge in [-0.2, -0.15) is 0 Å². The highest BCUT2D eigenvalue weighted by atomic mass is 31.1. The van der Waals surface area contributed by atoms with E-state index >= 15 is 0 Å². The van der Waals surface area contributed by atoms with E-state index in [2.05, 4.69) is 55.5 Å². The van der Waals surface area contributed by atoms with Crippen molar-refractivity contribution in [3.8, 4) is 0 Å². The summed E-state index contributed by atoms with van der Waals surface area (Å²) < 4.78 is 5.39. The van der Waals surface area contributed by atoms with Gasteiger partial charge in [-0.1, -0.05) is 80.9 Å². The number of unbranched alkanes of at least 4 members (excludes halogenated alkanes) is 1. The SMILES string of the molecule is CCCCOC(=O)C(C)CP(c1ccccc1)c1ccccc1. The van der Waals surface area contributed by atoms with Crippen molar-refractivity contribution >= 4 is 24.5 Å². The first kappa shape index (κ1) is 17.7. The van der Waals surface area contributed by atoms with Crippen molar-refractivity contribution in [2.24, 2.45) is 5.92 Å². The molecular formula is C20H25O2P. The maximum Gasteiger partial charge on any atom is 0.309 e. The fourth-order valence-electron chi connectivity index (χ4n) is 2.38. The molecule has 2 aromatic rings. The highest BCUT2D eigenvalue weighted by Gasteiger charge is 2.22. The Morgan fingerprint density at radius 1 is 1.00 bits per heavy atom. The fraction of sp³-hybridized carbons (Fsp3) is 0.350. The van der Waals surface area contributed by atoms with Gasteiger partial charge in [0.05, 0.1) is 12.5 Å². The molecule has 3 heteroatoms. The molecule has 0 spiro atoms. The van der Waals surface area contributed by atoms with E-state index in [1.54, 1.807) is 0 Å². The van der Waals surface area contributed by atoms with Crippen LogP contribution in [0.5, 0.6) is 0 Å². The highest BCUT2D eigenvalue weighted by molar-refractivity contribution is 7.73. The monoisotopic (exact) mass is 328 g/mol. The summed E-state index contributed by atoms with van der Waals surface area (Å²) in [4.78, 5) is 12.2. The molecule has 0 aromatic heterocycles. The molecule has 0 aliphatic carbocycles. The van der Waals surface area contributed by atoms with Crippen molar-refractivity contribution in [2.45, 2.75) is 26.7 Å². The molecule has 0 N–H and O–H groups in total. The molecule has 122 valence electrons. The van der Waals surface area contributed by atoms with E-state index in [0.29, 0.717) is 6.61 Å². The number of carbonyl (C=O) groups is 1. The van der Waals surface area contributed by atoms with Crippen LogP contribution in [0.15, 0.2) is 60.7 Å². The van der Waals surface area contributed by atoms with Gasteiger partial charge in [-0.25, -0.2) is 0 Å². The third-order valence-corrected chi connectivity index (χ3v) is 6.49. The number of esters is 1. The topological polar surface area (TPSA) is 26.3 Å². The van der Waals surface area contributed by atoms with Crippen molar-refractivity contribution < 1.29 is 9.53 Å². The van der Waals surface area contributed by atoms with Crippen molar-refractivity contribution in [3.63, 3.8) is 0 Å². The van der Waals surface area contributed by atoms with Crippen LogP contribution in [0.25, 0.3) is 0 Å². The minimum Gasteiger partial charge on any atom is -0.465 e. The first-order valence-electron chi connectivity index (χ1n) is 8.26. The van der Waals surface area contributed by atoms with Crippen LogP contribution >= 0.6 is 7.92 Å². The Kier molecular flexibility index (Phi) is 7.29. The van der Waals surface area contributed by atoms with E-state index in [-0.39, 0.29) is 11.9 Å². The molecule has 1 unspecified atom stereocenters. The van der Waals surface area contributed by atoms with Crippen LogP contribution in [0.3, 0.4) is 0 Å². The minimum atomic E-state index is -0.542. The molecule has 0 saturated heterocycles. The minimum absolute atomic E-state index is 0.0715. The first-order valence-corrected chi connectivity index (χ1v) is 9.79. The average molecular weight is 328 g/mol. The third kappa shape index (κ3) is 5.48. The van der Waals surface area contributed by atoms with E-state index in [4.69, 9.17) is 4.74 Å². The molecule has 0 bridgehead atoms. The Bertz CT molecular complexity index is 544. The Hall–Kier alpha value is -1.66. The van der Waals surface area contributed by atoms with Gasteiger partial charge >= 0.3 is 5.97 Å². The van der Waals surface area contributed by atoms with Crippen LogP contribution in [-0.2, 0) is 9.53 Å². The Labute approximate surface area is 140 Å². The van der Waals surface area contributed by atoms with E-state index in [1.165, 1.54) is 10.6 Å². The first-order chi connectivity index (χ1) is 11.2. The highest BCUT2D eigenvalue weighted by Crippen LogP contribution is 2.36. The zero-order valence-electron chi connectivity index (χ0n) is 13.9. The summed E-state index contributed by atoms with van der Waals surface area (Å²) in [6, 6.07) is 21.0. The molecule has 0 aliphatic rings. The second-order valence-electron chi connectivity index (χ2n) is 5.70. The summed E-state index contributed by atoms with van der Waals surface area (Å²) in [5, 5.41) is 2.61. The second-order valence-corrected chi connectivity index (χ2v) is 7.96. The lowest BCUT2D eigenvalue weighted by atomic mass is 10.2. The zero-order valence-corrected chi connectivity index (χ0v) is 14.8. The van der Waals surface area contributed by atoms with Crippen molar-refractivity contribution in [3.05, 3.63) is 60.7 Å². The second kappa shape index (κ2) is 9.47. The van der Waals surface area contributed by atoms with E-state index in [9.17, 15) is 4.79 Å². The predicted molar refractivity (Wildman–Crippen MR) is 99.0 cm³/mol. The summed E-state index contributed by atoms with van der Waals surface area (Å²) >= 11 is 0. The van der Waals surface area contributed by atoms with Gasteiger partial charge in [-0.3, -0.25) is 4.79 Å². The number of hydrogen-bond acceptors (Lipinski definition) is 2. The number of benzene rings is 2. The molecule has 0 saturated carbocycles. The Morgan fingerprint density at radius 2 is 1.52 bits per heavy atom. The molecule has 0 heterocycles. The smallest absolute Gasteiger partial charge is 0.309 e. The Balaban J connectivity index is 2.11. The van der Waals surface area contributed by atoms with E-state index in [1.807, 2.05) is 19.1 Å². The molecule has 2 rings (SSSR count). The zero-order chi connectivity index (χ0) is 16.5. The quantitative estimate of drug-likeness (QED) is 0.414. The maximum absolute atomic E-state index is 12.2. The van der Waals surface area contributed by atoms with Gasteiger partial charge in [0, 0.05) is 0 Å². The molecular weight excluding hydrogens is 303 g/mol. The van der Waals surface area contributed by atoms with Crippen LogP contribution in [0.2, 0.25) is 0 Å². The van der Waals surface area contributed by atoms with Crippen LogP contribution in [0.1, 0.15) is 26.7 Å². The number of rotatable bonds is 8. The third-order valence-electron chi connectivity index (χ3n) is 3.74. The lowest BCUT2D eigenvalue weighted by Crippen LogP contribution is -2.23. The normalized spacial score (nSPS) is 12.1. The number of hydrogen-bond donors (Lipinski definition) is 0. The van der Waals surface area contributed by atoms with Crippen molar-refractivity contribution in [2.75, 3.05) is 12.8 Å². The summed E-state index contributed by atoms with van der Waals surface area (Å²) in [6.45, 7) is 4.62. The Morgan fingerprint density at radius 3 is 2.00 bits per heavy atom. The molecule has 2 aromatic carbocycles. The van der Waals surface area contributed by atoms with Crippen molar-refractivity contribution in [1.29, 1.82) is 0 Å². The molecule has 23 heavy (non-hydrogen) atoms. The van der Waals surface area contributed by atoms with Gasteiger partial charge in [0.15, 0.2) is 0 Å². The van der Waals surface area contributed by atoms with E-state index < -0.39 is 7.92 Å². The fourth-order valence-corrected chi connectivity index (χ4v) is 4.86. The average Bonchev–Trinajstić information content (AvgIpc) is 2.61. The molecule has 0 fully saturated rings. The lowest BCUT2D eigenvalue weighted by molar-refractivity contribution is -0.147. The summed E-state index contributed by atoms with van der Waals surface area (Å²) in [6.07, 6.45) is 2.81. The van der Waals surface area contributed by atoms with Gasteiger partial charge < -0.3 is 4.74 Å². The molecule has 0 aliphatic heterocycles. The van der Waals surface area contributed by atoms with Crippen LogP contribution in [0, 0.1) is 5.92 Å². The standard InChI is InChI=1S/C20H25O2P/c1-3-4-15-22-20(21)17(2)16-23(18-11-7-5-8-12-18)19-13-9-6-10-14-19/h5-14,17H,3-4,15-16H2,1-2H3. The molecule has 0 amide bonds. The lowest BCUT2D eigenvalue weighted by Gasteiger charge is -2.22. The number of ether oxygens (including phenoxy) is 1. The van der Waals surface area contributed by atoms with Crippen LogP contribution < -0.4 is 10.6 Å². The molecule has 2 nitrogen and oxygen atoms in total. The van der Waals surface area contributed by atoms with Gasteiger partial charge in [0.25, 0.3) is 0 Å². The molecule has 1 atom stereocenters. The largest absolute Gasteiger partial charge is 0.465 e. The van der Waals surface area contributed by atoms with Crippen LogP contribution in [-0.4, -0.2) is 18.7 Å². The van der Waals surface area contributed by atoms with Gasteiger partial charge in [-0.05, 0) is 31.1 Å².